The van der Waals surface area contributed by atoms with Crippen LogP contribution in [0.25, 0.3) is 0 Å². The summed E-state index contributed by atoms with van der Waals surface area (Å²) in [5.74, 6) is -1.18. The largest absolute Gasteiger partial charge is 0.324 e. The Morgan fingerprint density at radius 1 is 1.13 bits per heavy atom. The molecule has 2 aromatic carbocycles. The van der Waals surface area contributed by atoms with E-state index < -0.39 is 23.9 Å². The van der Waals surface area contributed by atoms with E-state index >= 15 is 0 Å². The van der Waals surface area contributed by atoms with E-state index in [4.69, 9.17) is 0 Å². The van der Waals surface area contributed by atoms with Gasteiger partial charge in [-0.2, -0.15) is 5.11 Å². The first kappa shape index (κ1) is 20.1. The number of imide groups is 1. The molecule has 0 saturated carbocycles. The first-order chi connectivity index (χ1) is 14.5. The standard InChI is InChI=1S/C21H21N5O3S/c1-3-13-7-9-15(10-8-13)26-20(28)18-19(21(26)29)25(24-23-18)12-17(27)22-14-5-4-6-16(11-14)30-2/h4-11,18-19H,3,12H2,1-2H3,(H,22,27)/t18-,19+/m0/s1. The molecule has 2 heterocycles. The van der Waals surface area contributed by atoms with Crippen LogP contribution in [0.2, 0.25) is 0 Å². The number of carbonyl (C=O) groups excluding carboxylic acids is 3. The summed E-state index contributed by atoms with van der Waals surface area (Å²) in [5.41, 5.74) is 2.28. The first-order valence-corrected chi connectivity index (χ1v) is 10.8. The summed E-state index contributed by atoms with van der Waals surface area (Å²) in [6, 6.07) is 12.9. The molecule has 1 fully saturated rings. The number of hydrogen-bond donors (Lipinski definition) is 1. The highest BCUT2D eigenvalue weighted by molar-refractivity contribution is 7.98. The number of benzene rings is 2. The minimum atomic E-state index is -0.920. The van der Waals surface area contributed by atoms with Gasteiger partial charge in [0.25, 0.3) is 11.8 Å². The summed E-state index contributed by atoms with van der Waals surface area (Å²) >= 11 is 1.57. The zero-order valence-electron chi connectivity index (χ0n) is 16.6. The SMILES string of the molecule is CCc1ccc(N2C(=O)[C@H]3N=NN(CC(=O)Nc4cccc(SC)c4)[C@H]3C2=O)cc1. The van der Waals surface area contributed by atoms with Crippen LogP contribution in [0, 0.1) is 0 Å². The summed E-state index contributed by atoms with van der Waals surface area (Å²) in [7, 11) is 0. The van der Waals surface area contributed by atoms with Gasteiger partial charge in [0.1, 0.15) is 6.54 Å². The summed E-state index contributed by atoms with van der Waals surface area (Å²) in [4.78, 5) is 40.4. The van der Waals surface area contributed by atoms with Crippen LogP contribution in [0.5, 0.6) is 0 Å². The van der Waals surface area contributed by atoms with Crippen molar-refractivity contribution in [1.82, 2.24) is 5.01 Å². The molecule has 0 unspecified atom stereocenters. The minimum Gasteiger partial charge on any atom is -0.324 e. The minimum absolute atomic E-state index is 0.171. The van der Waals surface area contributed by atoms with Gasteiger partial charge in [-0.3, -0.25) is 19.4 Å². The highest BCUT2D eigenvalue weighted by Gasteiger charge is 2.55. The van der Waals surface area contributed by atoms with Crippen molar-refractivity contribution >= 4 is 40.9 Å². The van der Waals surface area contributed by atoms with Gasteiger partial charge in [-0.15, -0.1) is 11.8 Å². The summed E-state index contributed by atoms with van der Waals surface area (Å²) in [6.07, 6.45) is 2.82. The Morgan fingerprint density at radius 2 is 1.90 bits per heavy atom. The molecule has 8 nitrogen and oxygen atoms in total. The molecule has 1 N–H and O–H groups in total. The monoisotopic (exact) mass is 423 g/mol. The van der Waals surface area contributed by atoms with Crippen LogP contribution in [0.1, 0.15) is 12.5 Å². The number of anilines is 2. The molecule has 3 amide bonds. The van der Waals surface area contributed by atoms with E-state index in [1.165, 1.54) is 5.01 Å². The molecule has 0 spiro atoms. The fourth-order valence-electron chi connectivity index (χ4n) is 3.54. The van der Waals surface area contributed by atoms with Gasteiger partial charge in [-0.05, 0) is 48.6 Å². The van der Waals surface area contributed by atoms with Gasteiger partial charge in [0.2, 0.25) is 5.91 Å². The maximum Gasteiger partial charge on any atom is 0.263 e. The van der Waals surface area contributed by atoms with Crippen LogP contribution in [-0.4, -0.2) is 47.6 Å². The van der Waals surface area contributed by atoms with Gasteiger partial charge in [-0.25, -0.2) is 4.90 Å². The second kappa shape index (κ2) is 8.27. The van der Waals surface area contributed by atoms with Crippen molar-refractivity contribution in [2.75, 3.05) is 23.0 Å². The number of amides is 3. The predicted octanol–water partition coefficient (Wildman–Crippen LogP) is 2.90. The zero-order valence-corrected chi connectivity index (χ0v) is 17.4. The van der Waals surface area contributed by atoms with Crippen molar-refractivity contribution in [3.05, 3.63) is 54.1 Å². The predicted molar refractivity (Wildman–Crippen MR) is 114 cm³/mol. The number of rotatable bonds is 6. The molecule has 2 aliphatic heterocycles. The molecule has 30 heavy (non-hydrogen) atoms. The molecule has 0 bridgehead atoms. The number of fused-ring (bicyclic) bond motifs is 1. The molecule has 0 radical (unpaired) electrons. The lowest BCUT2D eigenvalue weighted by molar-refractivity contribution is -0.123. The third kappa shape index (κ3) is 3.68. The molecule has 2 aromatic rings. The lowest BCUT2D eigenvalue weighted by Crippen LogP contribution is -2.43. The molecular weight excluding hydrogens is 402 g/mol. The highest BCUT2D eigenvalue weighted by Crippen LogP contribution is 2.32. The number of carbonyl (C=O) groups is 3. The molecule has 1 saturated heterocycles. The van der Waals surface area contributed by atoms with Gasteiger partial charge in [-0.1, -0.05) is 30.3 Å². The molecule has 2 atom stereocenters. The van der Waals surface area contributed by atoms with E-state index in [2.05, 4.69) is 15.7 Å². The Hall–Kier alpha value is -3.20. The van der Waals surface area contributed by atoms with E-state index in [-0.39, 0.29) is 12.5 Å². The van der Waals surface area contributed by atoms with Crippen LogP contribution < -0.4 is 10.2 Å². The van der Waals surface area contributed by atoms with E-state index in [9.17, 15) is 14.4 Å². The number of aryl methyl sites for hydroxylation is 1. The Bertz CT molecular complexity index is 1020. The molecular formula is C21H21N5O3S. The van der Waals surface area contributed by atoms with Crippen LogP contribution in [0.15, 0.2) is 63.8 Å². The maximum atomic E-state index is 13.0. The van der Waals surface area contributed by atoms with Crippen molar-refractivity contribution in [2.24, 2.45) is 10.3 Å². The average Bonchev–Trinajstić information content (AvgIpc) is 3.27. The third-order valence-corrected chi connectivity index (χ3v) is 5.85. The molecule has 4 rings (SSSR count). The second-order valence-corrected chi connectivity index (χ2v) is 7.88. The van der Waals surface area contributed by atoms with E-state index in [1.54, 1.807) is 30.0 Å². The summed E-state index contributed by atoms with van der Waals surface area (Å²) in [5, 5.41) is 12.0. The molecule has 154 valence electrons. The van der Waals surface area contributed by atoms with Crippen LogP contribution >= 0.6 is 11.8 Å². The summed E-state index contributed by atoms with van der Waals surface area (Å²) < 4.78 is 0. The Labute approximate surface area is 178 Å². The molecule has 0 aliphatic carbocycles. The molecule has 0 aromatic heterocycles. The fourth-order valence-corrected chi connectivity index (χ4v) is 4.00. The van der Waals surface area contributed by atoms with Gasteiger partial charge >= 0.3 is 0 Å². The molecule has 2 aliphatic rings. The number of nitrogens with zero attached hydrogens (tertiary/aromatic N) is 4. The van der Waals surface area contributed by atoms with Crippen molar-refractivity contribution in [1.29, 1.82) is 0 Å². The normalized spacial score (nSPS) is 20.1. The van der Waals surface area contributed by atoms with Crippen LogP contribution in [0.3, 0.4) is 0 Å². The topological polar surface area (TPSA) is 94.4 Å². The van der Waals surface area contributed by atoms with Crippen LogP contribution in [0.4, 0.5) is 11.4 Å². The molecule has 9 heteroatoms. The summed E-state index contributed by atoms with van der Waals surface area (Å²) in [6.45, 7) is 1.86. The zero-order chi connectivity index (χ0) is 21.3. The van der Waals surface area contributed by atoms with Crippen LogP contribution in [-0.2, 0) is 20.8 Å². The Balaban J connectivity index is 1.46. The fraction of sp³-hybridized carbons (Fsp3) is 0.286. The lowest BCUT2D eigenvalue weighted by Gasteiger charge is -2.20. The number of nitrogens with one attached hydrogen (secondary N) is 1. The van der Waals surface area contributed by atoms with E-state index in [0.717, 1.165) is 21.8 Å². The maximum absolute atomic E-state index is 13.0. The van der Waals surface area contributed by atoms with E-state index in [1.807, 2.05) is 43.5 Å². The van der Waals surface area contributed by atoms with Crippen molar-refractivity contribution in [2.45, 2.75) is 30.3 Å². The Morgan fingerprint density at radius 3 is 2.60 bits per heavy atom. The van der Waals surface area contributed by atoms with Gasteiger partial charge in [0.05, 0.1) is 5.69 Å². The quantitative estimate of drug-likeness (QED) is 0.569. The number of thioether (sulfide) groups is 1. The van der Waals surface area contributed by atoms with Crippen molar-refractivity contribution in [3.8, 4) is 0 Å². The Kier molecular flexibility index (Phi) is 5.54. The van der Waals surface area contributed by atoms with Gasteiger partial charge in [0, 0.05) is 10.6 Å². The third-order valence-electron chi connectivity index (χ3n) is 5.12. The van der Waals surface area contributed by atoms with Crippen molar-refractivity contribution in [3.63, 3.8) is 0 Å². The van der Waals surface area contributed by atoms with E-state index in [0.29, 0.717) is 11.4 Å². The van der Waals surface area contributed by atoms with Gasteiger partial charge < -0.3 is 5.32 Å². The first-order valence-electron chi connectivity index (χ1n) is 9.60. The number of hydrogen-bond acceptors (Lipinski definition) is 7. The van der Waals surface area contributed by atoms with Gasteiger partial charge in [0.15, 0.2) is 12.1 Å². The van der Waals surface area contributed by atoms with Crippen molar-refractivity contribution < 1.29 is 14.4 Å². The second-order valence-electron chi connectivity index (χ2n) is 7.00. The smallest absolute Gasteiger partial charge is 0.263 e. The average molecular weight is 423 g/mol. The lowest BCUT2D eigenvalue weighted by atomic mass is 10.1. The highest BCUT2D eigenvalue weighted by atomic mass is 32.2.